The monoisotopic (exact) mass is 269 g/mol. The van der Waals surface area contributed by atoms with E-state index in [1.807, 2.05) is 6.92 Å². The molecule has 1 aliphatic heterocycles. The number of nitrogens with two attached hydrogens (primary N) is 1. The third-order valence-corrected chi connectivity index (χ3v) is 3.63. The molecule has 2 heterocycles. The van der Waals surface area contributed by atoms with Gasteiger partial charge in [-0.1, -0.05) is 0 Å². The summed E-state index contributed by atoms with van der Waals surface area (Å²) in [5, 5.41) is 0. The van der Waals surface area contributed by atoms with E-state index in [-0.39, 0.29) is 0 Å². The highest BCUT2D eigenvalue weighted by atomic mass is 79.9. The molecule has 1 atom stereocenters. The van der Waals surface area contributed by atoms with Crippen molar-refractivity contribution in [3.8, 4) is 0 Å². The number of halogens is 1. The van der Waals surface area contributed by atoms with Crippen LogP contribution in [0, 0.1) is 6.92 Å². The van der Waals surface area contributed by atoms with Gasteiger partial charge < -0.3 is 10.6 Å². The lowest BCUT2D eigenvalue weighted by molar-refractivity contribution is 0.503. The number of anilines is 1. The second-order valence-corrected chi connectivity index (χ2v) is 4.94. The van der Waals surface area contributed by atoms with Crippen molar-refractivity contribution >= 4 is 21.7 Å². The molecule has 0 aromatic carbocycles. The Morgan fingerprint density at radius 1 is 1.53 bits per heavy atom. The molecule has 0 spiro atoms. The highest BCUT2D eigenvalue weighted by Crippen LogP contribution is 2.21. The van der Waals surface area contributed by atoms with E-state index in [0.717, 1.165) is 41.9 Å². The Morgan fingerprint density at radius 2 is 2.33 bits per heavy atom. The van der Waals surface area contributed by atoms with E-state index in [2.05, 4.69) is 37.9 Å². The first-order valence-corrected chi connectivity index (χ1v) is 6.10. The molecule has 4 heteroatoms. The van der Waals surface area contributed by atoms with Gasteiger partial charge in [-0.15, -0.1) is 0 Å². The first-order chi connectivity index (χ1) is 7.16. The van der Waals surface area contributed by atoms with Crippen LogP contribution in [0.25, 0.3) is 0 Å². The molecule has 1 aromatic rings. The van der Waals surface area contributed by atoms with Gasteiger partial charge in [0, 0.05) is 23.6 Å². The van der Waals surface area contributed by atoms with Crippen molar-refractivity contribution in [2.45, 2.75) is 25.8 Å². The van der Waals surface area contributed by atoms with Gasteiger partial charge in [0.15, 0.2) is 0 Å². The molecular formula is C11H16BrN3. The van der Waals surface area contributed by atoms with Gasteiger partial charge in [-0.05, 0) is 47.8 Å². The molecule has 0 radical (unpaired) electrons. The van der Waals surface area contributed by atoms with E-state index in [9.17, 15) is 0 Å². The minimum absolute atomic E-state index is 0.296. The highest BCUT2D eigenvalue weighted by molar-refractivity contribution is 9.10. The zero-order valence-corrected chi connectivity index (χ0v) is 10.5. The van der Waals surface area contributed by atoms with E-state index >= 15 is 0 Å². The van der Waals surface area contributed by atoms with Crippen LogP contribution in [0.3, 0.4) is 0 Å². The smallest absolute Gasteiger partial charge is 0.128 e. The summed E-state index contributed by atoms with van der Waals surface area (Å²) in [5.41, 5.74) is 6.99. The number of pyridine rings is 1. The number of hydrogen-bond donors (Lipinski definition) is 1. The Balaban J connectivity index is 2.18. The van der Waals surface area contributed by atoms with Gasteiger partial charge >= 0.3 is 0 Å². The lowest BCUT2D eigenvalue weighted by atomic mass is 10.1. The molecule has 0 saturated carbocycles. The Morgan fingerprint density at radius 3 is 3.00 bits per heavy atom. The molecule has 82 valence electrons. The number of hydrogen-bond acceptors (Lipinski definition) is 3. The molecule has 15 heavy (non-hydrogen) atoms. The summed E-state index contributed by atoms with van der Waals surface area (Å²) in [7, 11) is 0. The van der Waals surface area contributed by atoms with Gasteiger partial charge in [-0.2, -0.15) is 0 Å². The van der Waals surface area contributed by atoms with E-state index in [1.165, 1.54) is 0 Å². The fraction of sp³-hybridized carbons (Fsp3) is 0.545. The van der Waals surface area contributed by atoms with Crippen molar-refractivity contribution in [3.05, 3.63) is 22.3 Å². The Labute approximate surface area is 98.8 Å². The van der Waals surface area contributed by atoms with Crippen LogP contribution in [0.5, 0.6) is 0 Å². The van der Waals surface area contributed by atoms with Crippen LogP contribution in [0.1, 0.15) is 18.5 Å². The predicted octanol–water partition coefficient (Wildman–Crippen LogP) is 2.08. The number of piperidine rings is 1. The fourth-order valence-electron chi connectivity index (χ4n) is 1.92. The minimum atomic E-state index is 0.296. The minimum Gasteiger partial charge on any atom is -0.355 e. The molecular weight excluding hydrogens is 254 g/mol. The van der Waals surface area contributed by atoms with Gasteiger partial charge in [-0.3, -0.25) is 0 Å². The van der Waals surface area contributed by atoms with Crippen molar-refractivity contribution in [1.29, 1.82) is 0 Å². The Kier molecular flexibility index (Phi) is 3.26. The molecule has 1 saturated heterocycles. The number of aromatic nitrogens is 1. The maximum Gasteiger partial charge on any atom is 0.128 e. The fourth-order valence-corrected chi connectivity index (χ4v) is 2.15. The van der Waals surface area contributed by atoms with Crippen LogP contribution in [0.4, 0.5) is 5.82 Å². The summed E-state index contributed by atoms with van der Waals surface area (Å²) in [6.07, 6.45) is 2.30. The Bertz CT molecular complexity index is 354. The molecule has 0 aliphatic carbocycles. The SMILES string of the molecule is Cc1nc(N2CCC[C@@H](N)C2)ccc1Br. The molecule has 0 unspecified atom stereocenters. The molecule has 2 rings (SSSR count). The van der Waals surface area contributed by atoms with Gasteiger partial charge in [0.25, 0.3) is 0 Å². The summed E-state index contributed by atoms with van der Waals surface area (Å²) in [6.45, 7) is 4.01. The Hall–Kier alpha value is -0.610. The summed E-state index contributed by atoms with van der Waals surface area (Å²) in [5.74, 6) is 1.05. The quantitative estimate of drug-likeness (QED) is 0.849. The predicted molar refractivity (Wildman–Crippen MR) is 66.1 cm³/mol. The van der Waals surface area contributed by atoms with Crippen molar-refractivity contribution in [2.75, 3.05) is 18.0 Å². The first kappa shape index (κ1) is 10.9. The third kappa shape index (κ3) is 2.49. The average molecular weight is 270 g/mol. The summed E-state index contributed by atoms with van der Waals surface area (Å²) in [6, 6.07) is 4.40. The van der Waals surface area contributed by atoms with Crippen LogP contribution in [-0.2, 0) is 0 Å². The summed E-state index contributed by atoms with van der Waals surface area (Å²) in [4.78, 5) is 6.83. The molecule has 2 N–H and O–H groups in total. The second-order valence-electron chi connectivity index (χ2n) is 4.09. The van der Waals surface area contributed by atoms with Gasteiger partial charge in [0.1, 0.15) is 5.82 Å². The van der Waals surface area contributed by atoms with Crippen molar-refractivity contribution < 1.29 is 0 Å². The third-order valence-electron chi connectivity index (χ3n) is 2.79. The van der Waals surface area contributed by atoms with Gasteiger partial charge in [0.2, 0.25) is 0 Å². The maximum absolute atomic E-state index is 5.95. The van der Waals surface area contributed by atoms with Crippen molar-refractivity contribution in [3.63, 3.8) is 0 Å². The van der Waals surface area contributed by atoms with Crippen molar-refractivity contribution in [1.82, 2.24) is 4.98 Å². The summed E-state index contributed by atoms with van der Waals surface area (Å²) >= 11 is 3.46. The number of aryl methyl sites for hydroxylation is 1. The van der Waals surface area contributed by atoms with E-state index in [4.69, 9.17) is 5.73 Å². The molecule has 1 aromatic heterocycles. The molecule has 0 amide bonds. The van der Waals surface area contributed by atoms with E-state index < -0.39 is 0 Å². The van der Waals surface area contributed by atoms with E-state index in [1.54, 1.807) is 0 Å². The van der Waals surface area contributed by atoms with Gasteiger partial charge in [-0.25, -0.2) is 4.98 Å². The molecule has 1 fully saturated rings. The normalized spacial score (nSPS) is 21.8. The topological polar surface area (TPSA) is 42.2 Å². The molecule has 3 nitrogen and oxygen atoms in total. The van der Waals surface area contributed by atoms with Gasteiger partial charge in [0.05, 0.1) is 5.69 Å². The van der Waals surface area contributed by atoms with Crippen LogP contribution >= 0.6 is 15.9 Å². The number of rotatable bonds is 1. The summed E-state index contributed by atoms with van der Waals surface area (Å²) < 4.78 is 1.06. The number of nitrogens with zero attached hydrogens (tertiary/aromatic N) is 2. The zero-order valence-electron chi connectivity index (χ0n) is 8.91. The average Bonchev–Trinajstić information content (AvgIpc) is 2.22. The van der Waals surface area contributed by atoms with Crippen LogP contribution < -0.4 is 10.6 Å². The standard InChI is InChI=1S/C11H16BrN3/c1-8-10(12)4-5-11(14-8)15-6-2-3-9(13)7-15/h4-5,9H,2-3,6-7,13H2,1H3/t9-/m1/s1. The zero-order chi connectivity index (χ0) is 10.8. The molecule has 0 bridgehead atoms. The largest absolute Gasteiger partial charge is 0.355 e. The van der Waals surface area contributed by atoms with Crippen LogP contribution in [0.15, 0.2) is 16.6 Å². The van der Waals surface area contributed by atoms with E-state index in [0.29, 0.717) is 6.04 Å². The highest BCUT2D eigenvalue weighted by Gasteiger charge is 2.17. The second kappa shape index (κ2) is 4.49. The first-order valence-electron chi connectivity index (χ1n) is 5.30. The van der Waals surface area contributed by atoms with Crippen molar-refractivity contribution in [2.24, 2.45) is 5.73 Å². The maximum atomic E-state index is 5.95. The lowest BCUT2D eigenvalue weighted by Crippen LogP contribution is -2.43. The molecule has 1 aliphatic rings. The lowest BCUT2D eigenvalue weighted by Gasteiger charge is -2.31. The van der Waals surface area contributed by atoms with Crippen LogP contribution in [-0.4, -0.2) is 24.1 Å². The van der Waals surface area contributed by atoms with Crippen LogP contribution in [0.2, 0.25) is 0 Å².